The second-order valence-electron chi connectivity index (χ2n) is 6.49. The highest BCUT2D eigenvalue weighted by atomic mass is 79.9. The Labute approximate surface area is 113 Å². The van der Waals surface area contributed by atoms with E-state index in [1.165, 1.54) is 5.56 Å². The van der Waals surface area contributed by atoms with Crippen LogP contribution in [0.15, 0.2) is 22.9 Å². The standard InChI is InChI=1S/C14H23BrN2/c1-13(2,3)10-14(4,5)17-8-11-6-12(15)9-16-7-11/h6-7,9,17H,8,10H2,1-5H3. The van der Waals surface area contributed by atoms with E-state index in [1.807, 2.05) is 12.4 Å². The number of nitrogens with one attached hydrogen (secondary N) is 1. The van der Waals surface area contributed by atoms with Gasteiger partial charge in [0.05, 0.1) is 0 Å². The molecule has 0 aliphatic carbocycles. The average Bonchev–Trinajstić information content (AvgIpc) is 2.11. The summed E-state index contributed by atoms with van der Waals surface area (Å²) < 4.78 is 1.03. The van der Waals surface area contributed by atoms with Crippen molar-refractivity contribution in [2.24, 2.45) is 5.41 Å². The van der Waals surface area contributed by atoms with Gasteiger partial charge >= 0.3 is 0 Å². The Morgan fingerprint density at radius 3 is 2.35 bits per heavy atom. The molecule has 0 atom stereocenters. The molecule has 3 heteroatoms. The second kappa shape index (κ2) is 5.49. The van der Waals surface area contributed by atoms with Gasteiger partial charge in [-0.1, -0.05) is 20.8 Å². The number of halogens is 1. The van der Waals surface area contributed by atoms with Crippen LogP contribution in [0.3, 0.4) is 0 Å². The SMILES string of the molecule is CC(C)(C)CC(C)(C)NCc1cncc(Br)c1. The minimum Gasteiger partial charge on any atom is -0.308 e. The first-order chi connectivity index (χ1) is 7.68. The fourth-order valence-electron chi connectivity index (χ4n) is 2.28. The molecule has 0 unspecified atom stereocenters. The van der Waals surface area contributed by atoms with Crippen LogP contribution < -0.4 is 5.32 Å². The molecule has 17 heavy (non-hydrogen) atoms. The van der Waals surface area contributed by atoms with Gasteiger partial charge in [0.25, 0.3) is 0 Å². The molecule has 0 saturated heterocycles. The van der Waals surface area contributed by atoms with Crippen LogP contribution in [0.5, 0.6) is 0 Å². The zero-order valence-corrected chi connectivity index (χ0v) is 13.1. The lowest BCUT2D eigenvalue weighted by molar-refractivity contribution is 0.240. The molecule has 0 fully saturated rings. The topological polar surface area (TPSA) is 24.9 Å². The third-order valence-electron chi connectivity index (χ3n) is 2.50. The quantitative estimate of drug-likeness (QED) is 0.903. The molecule has 0 radical (unpaired) electrons. The summed E-state index contributed by atoms with van der Waals surface area (Å²) >= 11 is 3.44. The molecule has 0 amide bonds. The number of hydrogen-bond acceptors (Lipinski definition) is 2. The van der Waals surface area contributed by atoms with E-state index in [0.717, 1.165) is 17.4 Å². The van der Waals surface area contributed by atoms with Crippen molar-refractivity contribution in [1.82, 2.24) is 10.3 Å². The zero-order chi connectivity index (χ0) is 13.1. The predicted octanol–water partition coefficient (Wildman–Crippen LogP) is 4.15. The fraction of sp³-hybridized carbons (Fsp3) is 0.643. The Bertz CT molecular complexity index is 367. The Morgan fingerprint density at radius 2 is 1.82 bits per heavy atom. The van der Waals surface area contributed by atoms with E-state index >= 15 is 0 Å². The fourth-order valence-corrected chi connectivity index (χ4v) is 2.69. The second-order valence-corrected chi connectivity index (χ2v) is 7.40. The lowest BCUT2D eigenvalue weighted by atomic mass is 9.82. The van der Waals surface area contributed by atoms with Crippen molar-refractivity contribution >= 4 is 15.9 Å². The van der Waals surface area contributed by atoms with Gasteiger partial charge in [0.2, 0.25) is 0 Å². The molecule has 0 saturated carbocycles. The number of hydrogen-bond donors (Lipinski definition) is 1. The highest BCUT2D eigenvalue weighted by molar-refractivity contribution is 9.10. The first kappa shape index (κ1) is 14.7. The average molecular weight is 299 g/mol. The molecular formula is C14H23BrN2. The van der Waals surface area contributed by atoms with Gasteiger partial charge in [0.1, 0.15) is 0 Å². The van der Waals surface area contributed by atoms with Gasteiger partial charge in [0, 0.05) is 29.0 Å². The Kier molecular flexibility index (Phi) is 4.73. The Hall–Kier alpha value is -0.410. The van der Waals surface area contributed by atoms with Gasteiger partial charge in [-0.3, -0.25) is 4.98 Å². The van der Waals surface area contributed by atoms with Crippen LogP contribution in [-0.4, -0.2) is 10.5 Å². The molecule has 0 aliphatic heterocycles. The van der Waals surface area contributed by atoms with Crippen molar-refractivity contribution in [2.45, 2.75) is 53.1 Å². The van der Waals surface area contributed by atoms with E-state index in [4.69, 9.17) is 0 Å². The molecule has 0 aromatic carbocycles. The van der Waals surface area contributed by atoms with Gasteiger partial charge in [-0.25, -0.2) is 0 Å². The van der Waals surface area contributed by atoms with E-state index in [1.54, 1.807) is 0 Å². The monoisotopic (exact) mass is 298 g/mol. The van der Waals surface area contributed by atoms with Gasteiger partial charge < -0.3 is 5.32 Å². The molecule has 0 spiro atoms. The van der Waals surface area contributed by atoms with Gasteiger partial charge in [-0.05, 0) is 53.2 Å². The van der Waals surface area contributed by atoms with E-state index in [0.29, 0.717) is 5.41 Å². The smallest absolute Gasteiger partial charge is 0.0410 e. The van der Waals surface area contributed by atoms with E-state index < -0.39 is 0 Å². The summed E-state index contributed by atoms with van der Waals surface area (Å²) in [7, 11) is 0. The van der Waals surface area contributed by atoms with Crippen LogP contribution >= 0.6 is 15.9 Å². The van der Waals surface area contributed by atoms with Crippen LogP contribution in [0.2, 0.25) is 0 Å². The van der Waals surface area contributed by atoms with E-state index in [-0.39, 0.29) is 5.54 Å². The van der Waals surface area contributed by atoms with Crippen LogP contribution in [0.4, 0.5) is 0 Å². The Balaban J connectivity index is 2.55. The summed E-state index contributed by atoms with van der Waals surface area (Å²) in [5, 5.41) is 3.60. The van der Waals surface area contributed by atoms with Crippen LogP contribution in [0, 0.1) is 5.41 Å². The van der Waals surface area contributed by atoms with Crippen molar-refractivity contribution in [1.29, 1.82) is 0 Å². The molecule has 1 rings (SSSR count). The molecule has 0 bridgehead atoms. The van der Waals surface area contributed by atoms with Crippen molar-refractivity contribution in [3.63, 3.8) is 0 Å². The first-order valence-electron chi connectivity index (χ1n) is 6.02. The third kappa shape index (κ3) is 6.18. The highest BCUT2D eigenvalue weighted by Gasteiger charge is 2.24. The minimum atomic E-state index is 0.139. The van der Waals surface area contributed by atoms with Crippen molar-refractivity contribution < 1.29 is 0 Å². The molecule has 1 heterocycles. The molecule has 2 nitrogen and oxygen atoms in total. The predicted molar refractivity (Wildman–Crippen MR) is 76.9 cm³/mol. The summed E-state index contributed by atoms with van der Waals surface area (Å²) in [6.45, 7) is 12.2. The normalized spacial score (nSPS) is 12.8. The molecule has 0 aliphatic rings. The maximum absolute atomic E-state index is 4.17. The lowest BCUT2D eigenvalue weighted by Crippen LogP contribution is -2.41. The van der Waals surface area contributed by atoms with Crippen LogP contribution in [0.1, 0.15) is 46.6 Å². The zero-order valence-electron chi connectivity index (χ0n) is 11.5. The first-order valence-corrected chi connectivity index (χ1v) is 6.82. The third-order valence-corrected chi connectivity index (χ3v) is 2.94. The van der Waals surface area contributed by atoms with Gasteiger partial charge in [-0.2, -0.15) is 0 Å². The molecule has 1 aromatic heterocycles. The summed E-state index contributed by atoms with van der Waals surface area (Å²) in [5.74, 6) is 0. The van der Waals surface area contributed by atoms with E-state index in [2.05, 4.69) is 66.9 Å². The molecule has 1 N–H and O–H groups in total. The summed E-state index contributed by atoms with van der Waals surface area (Å²) in [4.78, 5) is 4.17. The van der Waals surface area contributed by atoms with Crippen LogP contribution in [-0.2, 0) is 6.54 Å². The van der Waals surface area contributed by atoms with Gasteiger partial charge in [-0.15, -0.1) is 0 Å². The van der Waals surface area contributed by atoms with Gasteiger partial charge in [0.15, 0.2) is 0 Å². The number of aromatic nitrogens is 1. The highest BCUT2D eigenvalue weighted by Crippen LogP contribution is 2.27. The number of nitrogens with zero attached hydrogens (tertiary/aromatic N) is 1. The summed E-state index contributed by atoms with van der Waals surface area (Å²) in [6.07, 6.45) is 4.86. The van der Waals surface area contributed by atoms with Crippen LogP contribution in [0.25, 0.3) is 0 Å². The lowest BCUT2D eigenvalue weighted by Gasteiger charge is -2.33. The summed E-state index contributed by atoms with van der Waals surface area (Å²) in [6, 6.07) is 2.10. The van der Waals surface area contributed by atoms with Crippen molar-refractivity contribution in [3.05, 3.63) is 28.5 Å². The van der Waals surface area contributed by atoms with Crippen molar-refractivity contribution in [2.75, 3.05) is 0 Å². The number of rotatable bonds is 4. The maximum atomic E-state index is 4.17. The van der Waals surface area contributed by atoms with Crippen molar-refractivity contribution in [3.8, 4) is 0 Å². The Morgan fingerprint density at radius 1 is 1.18 bits per heavy atom. The molecule has 1 aromatic rings. The largest absolute Gasteiger partial charge is 0.308 e. The summed E-state index contributed by atoms with van der Waals surface area (Å²) in [5.41, 5.74) is 1.69. The minimum absolute atomic E-state index is 0.139. The van der Waals surface area contributed by atoms with E-state index in [9.17, 15) is 0 Å². The molecule has 96 valence electrons. The molecular weight excluding hydrogens is 276 g/mol. The maximum Gasteiger partial charge on any atom is 0.0410 e. The number of pyridine rings is 1.